The van der Waals surface area contributed by atoms with Crippen molar-refractivity contribution in [3.8, 4) is 5.75 Å². The Bertz CT molecular complexity index is 2330. The third-order valence-electron chi connectivity index (χ3n) is 12.9. The summed E-state index contributed by atoms with van der Waals surface area (Å²) in [7, 11) is 6.30. The molecule has 2 N–H and O–H groups in total. The molecule has 326 valence electrons. The number of amides is 1. The number of nitrogens with zero attached hydrogens (tertiary/aromatic N) is 8. The van der Waals surface area contributed by atoms with Crippen LogP contribution in [0.5, 0.6) is 5.75 Å². The summed E-state index contributed by atoms with van der Waals surface area (Å²) in [5.74, 6) is 3.75. The van der Waals surface area contributed by atoms with Crippen molar-refractivity contribution in [1.82, 2.24) is 34.9 Å². The number of nitrogens with one attached hydrogen (secondary N) is 2. The molecule has 2 atom stereocenters. The first-order valence-corrected chi connectivity index (χ1v) is 22.2. The number of hydrogen-bond acceptors (Lipinski definition) is 10. The van der Waals surface area contributed by atoms with Crippen LogP contribution in [0, 0.1) is 5.82 Å². The molecule has 62 heavy (non-hydrogen) atoms. The number of rotatable bonds is 10. The number of aromatic nitrogens is 2. The maximum Gasteiger partial charge on any atom is 0.254 e. The van der Waals surface area contributed by atoms with E-state index in [0.29, 0.717) is 48.8 Å². The molecule has 2 unspecified atom stereocenters. The van der Waals surface area contributed by atoms with Crippen molar-refractivity contribution < 1.29 is 18.4 Å². The van der Waals surface area contributed by atoms with E-state index in [1.165, 1.54) is 11.6 Å². The van der Waals surface area contributed by atoms with Gasteiger partial charge in [0.25, 0.3) is 5.91 Å². The van der Waals surface area contributed by atoms with Gasteiger partial charge in [-0.3, -0.25) is 24.3 Å². The number of ether oxygens (including phenoxy) is 1. The number of aliphatic imine (C=N–C) groups is 1. The summed E-state index contributed by atoms with van der Waals surface area (Å²) < 4.78 is 36.9. The van der Waals surface area contributed by atoms with Gasteiger partial charge in [-0.25, -0.2) is 9.38 Å². The number of fused-ring (bicyclic) bond motifs is 1. The Kier molecular flexibility index (Phi) is 13.5. The number of halogens is 2. The number of likely N-dealkylation sites (tertiary alicyclic amines) is 2. The first-order valence-electron chi connectivity index (χ1n) is 21.6. The molecule has 1 aromatic heterocycles. The Hall–Kier alpha value is -5.39. The Morgan fingerprint density at radius 1 is 1.02 bits per heavy atom. The minimum absolute atomic E-state index is 0.0333. The lowest BCUT2D eigenvalue weighted by atomic mass is 9.88. The summed E-state index contributed by atoms with van der Waals surface area (Å²) in [5.41, 5.74) is 10.7. The number of benzene rings is 2. The van der Waals surface area contributed by atoms with E-state index in [2.05, 4.69) is 83.3 Å². The lowest BCUT2D eigenvalue weighted by Crippen LogP contribution is -2.41. The molecule has 5 aliphatic heterocycles. The molecule has 8 rings (SSSR count). The fourth-order valence-corrected chi connectivity index (χ4v) is 9.90. The zero-order chi connectivity index (χ0) is 43.3. The van der Waals surface area contributed by atoms with Gasteiger partial charge in [-0.2, -0.15) is 5.10 Å². The molecule has 0 radical (unpaired) electrons. The molecule has 2 fully saturated rings. The monoisotopic (exact) mass is 862 g/mol. The van der Waals surface area contributed by atoms with Crippen molar-refractivity contribution >= 4 is 37.7 Å². The van der Waals surface area contributed by atoms with E-state index in [0.717, 1.165) is 111 Å². The molecule has 3 aromatic rings. The molecule has 0 saturated carbocycles. The lowest BCUT2D eigenvalue weighted by molar-refractivity contribution is 0.0705. The van der Waals surface area contributed by atoms with Crippen LogP contribution in [0.15, 0.2) is 101 Å². The number of piperidine rings is 2. The second kappa shape index (κ2) is 19.3. The van der Waals surface area contributed by atoms with Crippen LogP contribution in [-0.2, 0) is 19.6 Å². The number of carbonyl (C=O) groups excluding carboxylic acids is 1. The van der Waals surface area contributed by atoms with Crippen LogP contribution in [0.25, 0.3) is 0 Å². The molecule has 5 aliphatic rings. The van der Waals surface area contributed by atoms with Crippen LogP contribution in [0.1, 0.15) is 83.2 Å². The standard InChI is InChI=1S/C47H57F2N10O2P/c1-31-23-38(55(3)51-16-10-41(31)53-49)29-57-19-13-34(14-20-57)46-40(48)24-36(26-45(46)62)47(60)58-21-22-59-39(30-58)27-37(54-59)28-56-17-11-33(12-18-56)35-8-9-43(44(25-35)61-4)52-42-7-5-6-15-50-32(42)2/h6,8-10,16,23-27,33-34,42,51-52H,1-2,5,7,11-14,17-22,28-30,62H2,3-4H3/b16-10-,38-23-,53-41-. The van der Waals surface area contributed by atoms with Gasteiger partial charge in [-0.05, 0) is 153 Å². The Balaban J connectivity index is 0.826. The van der Waals surface area contributed by atoms with E-state index < -0.39 is 0 Å². The van der Waals surface area contributed by atoms with Crippen molar-refractivity contribution in [3.63, 3.8) is 0 Å². The average molecular weight is 863 g/mol. The van der Waals surface area contributed by atoms with Crippen molar-refractivity contribution in [2.24, 2.45) is 10.2 Å². The molecule has 15 heteroatoms. The summed E-state index contributed by atoms with van der Waals surface area (Å²) in [5, 5.41) is 13.9. The number of likely N-dealkylation sites (N-methyl/N-ethyl adjacent to an activating group) is 1. The minimum Gasteiger partial charge on any atom is -0.495 e. The molecule has 2 saturated heterocycles. The number of anilines is 1. The molecular weight excluding hydrogens is 806 g/mol. The highest BCUT2D eigenvalue weighted by Crippen LogP contribution is 2.36. The van der Waals surface area contributed by atoms with Crippen LogP contribution in [-0.4, -0.2) is 106 Å². The molecule has 6 heterocycles. The summed E-state index contributed by atoms with van der Waals surface area (Å²) in [4.78, 5) is 24.7. The zero-order valence-electron chi connectivity index (χ0n) is 35.8. The number of carbonyl (C=O) groups is 1. The fourth-order valence-electron chi connectivity index (χ4n) is 9.35. The average Bonchev–Trinajstić information content (AvgIpc) is 3.57. The number of hydrogen-bond donors (Lipinski definition) is 2. The number of allylic oxidation sites excluding steroid dienone is 4. The second-order valence-corrected chi connectivity index (χ2v) is 17.6. The molecule has 0 aliphatic carbocycles. The predicted molar refractivity (Wildman–Crippen MR) is 245 cm³/mol. The molecule has 1 amide bonds. The SMILES string of the molecule is C=C1/C=C(/CN2CCC(c3c(F)cc(C(=O)N4CCn5nc(CN6CCC(c7ccc(NC8CCC=C=NC8=C)c(OC)c7)CC6)cc5C4)cc3P)CC2)N(C)N/C=C\C1=N\F. The van der Waals surface area contributed by atoms with E-state index in [-0.39, 0.29) is 29.4 Å². The maximum atomic E-state index is 16.0. The van der Waals surface area contributed by atoms with Crippen molar-refractivity contribution in [2.45, 2.75) is 76.0 Å². The predicted octanol–water partition coefficient (Wildman–Crippen LogP) is 6.79. The highest BCUT2D eigenvalue weighted by molar-refractivity contribution is 7.27. The Morgan fingerprint density at radius 2 is 1.77 bits per heavy atom. The quantitative estimate of drug-likeness (QED) is 0.215. The fraction of sp³-hybridized carbons (Fsp3) is 0.426. The van der Waals surface area contributed by atoms with Gasteiger partial charge in [0, 0.05) is 44.1 Å². The van der Waals surface area contributed by atoms with Gasteiger partial charge >= 0.3 is 0 Å². The van der Waals surface area contributed by atoms with Crippen molar-refractivity contribution in [1.29, 1.82) is 0 Å². The van der Waals surface area contributed by atoms with Gasteiger partial charge in [-0.15, -0.1) is 9.24 Å². The molecule has 0 spiro atoms. The molecule has 12 nitrogen and oxygen atoms in total. The summed E-state index contributed by atoms with van der Waals surface area (Å²) in [6, 6.07) is 11.9. The van der Waals surface area contributed by atoms with E-state index in [1.54, 1.807) is 24.3 Å². The first-order chi connectivity index (χ1) is 30.1. The third kappa shape index (κ3) is 9.79. The summed E-state index contributed by atoms with van der Waals surface area (Å²) in [6.07, 6.45) is 12.4. The highest BCUT2D eigenvalue weighted by Gasteiger charge is 2.30. The first kappa shape index (κ1) is 43.3. The normalized spacial score (nSPS) is 22.7. The van der Waals surface area contributed by atoms with Gasteiger partial charge in [0.05, 0.1) is 49.0 Å². The van der Waals surface area contributed by atoms with Gasteiger partial charge in [0.15, 0.2) is 0 Å². The molecule has 2 aromatic carbocycles. The Labute approximate surface area is 365 Å². The van der Waals surface area contributed by atoms with E-state index in [9.17, 15) is 9.28 Å². The molecular formula is C47H57F2N10O2P. The summed E-state index contributed by atoms with van der Waals surface area (Å²) in [6.45, 7) is 14.5. The third-order valence-corrected chi connectivity index (χ3v) is 13.4. The Morgan fingerprint density at radius 3 is 2.52 bits per heavy atom. The zero-order valence-corrected chi connectivity index (χ0v) is 36.9. The van der Waals surface area contributed by atoms with Gasteiger partial charge < -0.3 is 20.4 Å². The van der Waals surface area contributed by atoms with Crippen LogP contribution < -0.4 is 20.8 Å². The highest BCUT2D eigenvalue weighted by atomic mass is 31.0. The van der Waals surface area contributed by atoms with E-state index in [1.807, 2.05) is 35.0 Å². The van der Waals surface area contributed by atoms with Gasteiger partial charge in [-0.1, -0.05) is 28.9 Å². The minimum atomic E-state index is -0.335. The molecule has 0 bridgehead atoms. The largest absolute Gasteiger partial charge is 0.495 e. The van der Waals surface area contributed by atoms with Crippen LogP contribution in [0.2, 0.25) is 0 Å². The summed E-state index contributed by atoms with van der Waals surface area (Å²) >= 11 is 0. The smallest absolute Gasteiger partial charge is 0.254 e. The van der Waals surface area contributed by atoms with Crippen molar-refractivity contribution in [2.75, 3.05) is 58.7 Å². The van der Waals surface area contributed by atoms with E-state index in [4.69, 9.17) is 9.84 Å². The van der Waals surface area contributed by atoms with Gasteiger partial charge in [0.2, 0.25) is 0 Å². The van der Waals surface area contributed by atoms with E-state index >= 15 is 4.39 Å². The maximum absolute atomic E-state index is 16.0. The lowest BCUT2D eigenvalue weighted by Gasteiger charge is -2.35. The number of methoxy groups -OCH3 is 1. The van der Waals surface area contributed by atoms with Gasteiger partial charge in [0.1, 0.15) is 17.3 Å². The number of hydrazine groups is 1. The van der Waals surface area contributed by atoms with Crippen LogP contribution in [0.4, 0.5) is 14.6 Å². The topological polar surface area (TPSA) is 106 Å². The van der Waals surface area contributed by atoms with Crippen molar-refractivity contribution in [3.05, 3.63) is 125 Å². The van der Waals surface area contributed by atoms with Crippen LogP contribution in [0.3, 0.4) is 0 Å². The van der Waals surface area contributed by atoms with Crippen LogP contribution >= 0.6 is 9.24 Å². The second-order valence-electron chi connectivity index (χ2n) is 17.0.